The molecule has 0 N–H and O–H groups in total. The van der Waals surface area contributed by atoms with E-state index in [0.29, 0.717) is 0 Å². The van der Waals surface area contributed by atoms with Crippen LogP contribution in [0.3, 0.4) is 0 Å². The highest BCUT2D eigenvalue weighted by atomic mass is 79.9. The molecule has 0 aromatic heterocycles. The highest BCUT2D eigenvalue weighted by Crippen LogP contribution is 2.55. The maximum Gasteiger partial charge on any atom is 0.115 e. The lowest BCUT2D eigenvalue weighted by atomic mass is 10.1. The van der Waals surface area contributed by atoms with Crippen LogP contribution < -0.4 is 32.9 Å². The fourth-order valence-electron chi connectivity index (χ4n) is 4.20. The summed E-state index contributed by atoms with van der Waals surface area (Å²) in [6.07, 6.45) is 14.7. The first-order valence-electron chi connectivity index (χ1n) is 12.2. The Bertz CT molecular complexity index is 1040. The van der Waals surface area contributed by atoms with Crippen LogP contribution in [0.4, 0.5) is 0 Å². The van der Waals surface area contributed by atoms with E-state index in [0.717, 1.165) is 19.0 Å². The van der Waals surface area contributed by atoms with Crippen LogP contribution in [-0.2, 0) is 0 Å². The van der Waals surface area contributed by atoms with Crippen LogP contribution in [-0.4, -0.2) is 6.16 Å². The van der Waals surface area contributed by atoms with E-state index in [2.05, 4.69) is 149 Å². The number of hydrogen-bond donors (Lipinski definition) is 0. The summed E-state index contributed by atoms with van der Waals surface area (Å²) >= 11 is 0. The summed E-state index contributed by atoms with van der Waals surface area (Å²) in [5.41, 5.74) is 4.12. The van der Waals surface area contributed by atoms with Gasteiger partial charge in [-0.3, -0.25) is 0 Å². The normalized spacial score (nSPS) is 12.3. The van der Waals surface area contributed by atoms with Gasteiger partial charge in [0.05, 0.1) is 6.16 Å². The van der Waals surface area contributed by atoms with Gasteiger partial charge < -0.3 is 17.0 Å². The Balaban J connectivity index is 0.00000432. The summed E-state index contributed by atoms with van der Waals surface area (Å²) in [5.74, 6) is 0. The molecule has 0 unspecified atom stereocenters. The van der Waals surface area contributed by atoms with E-state index < -0.39 is 7.26 Å². The third-order valence-corrected chi connectivity index (χ3v) is 10.4. The molecule has 35 heavy (non-hydrogen) atoms. The Kier molecular flexibility index (Phi) is 12.2. The first-order chi connectivity index (χ1) is 16.5. The monoisotopic (exact) mass is 544 g/mol. The zero-order valence-corrected chi connectivity index (χ0v) is 24.0. The molecule has 2 heteroatoms. The molecule has 0 saturated carbocycles. The fourth-order valence-corrected chi connectivity index (χ4v) is 8.33. The van der Waals surface area contributed by atoms with Gasteiger partial charge in [-0.2, -0.15) is 0 Å². The van der Waals surface area contributed by atoms with Crippen molar-refractivity contribution in [3.05, 3.63) is 138 Å². The Morgan fingerprint density at radius 1 is 0.657 bits per heavy atom. The molecule has 0 aliphatic heterocycles. The van der Waals surface area contributed by atoms with Gasteiger partial charge in [0.25, 0.3) is 0 Å². The molecule has 0 saturated heterocycles. The third-order valence-electron chi connectivity index (χ3n) is 6.11. The Labute approximate surface area is 224 Å². The quantitative estimate of drug-likeness (QED) is 0.187. The van der Waals surface area contributed by atoms with Gasteiger partial charge in [-0.25, -0.2) is 0 Å². The van der Waals surface area contributed by atoms with Crippen LogP contribution in [0.1, 0.15) is 40.5 Å². The van der Waals surface area contributed by atoms with E-state index in [1.165, 1.54) is 32.6 Å². The first-order valence-corrected chi connectivity index (χ1v) is 14.2. The van der Waals surface area contributed by atoms with Crippen molar-refractivity contribution >= 4 is 23.2 Å². The smallest absolute Gasteiger partial charge is 0.115 e. The second kappa shape index (κ2) is 14.8. The van der Waals surface area contributed by atoms with Crippen LogP contribution in [0.5, 0.6) is 0 Å². The number of benzene rings is 3. The molecular formula is C33H38BrP. The molecule has 3 aromatic rings. The topological polar surface area (TPSA) is 0 Å². The summed E-state index contributed by atoms with van der Waals surface area (Å²) in [4.78, 5) is 0. The molecule has 182 valence electrons. The van der Waals surface area contributed by atoms with Gasteiger partial charge in [-0.15, -0.1) is 0 Å². The lowest BCUT2D eigenvalue weighted by molar-refractivity contribution is -0.00000701. The summed E-state index contributed by atoms with van der Waals surface area (Å²) in [6, 6.07) is 33.3. The Hall–Kier alpha value is -2.47. The van der Waals surface area contributed by atoms with E-state index in [1.807, 2.05) is 0 Å². The number of allylic oxidation sites excluding steroid dienone is 8. The molecule has 0 bridgehead atoms. The van der Waals surface area contributed by atoms with E-state index in [4.69, 9.17) is 0 Å². The predicted octanol–water partition coefficient (Wildman–Crippen LogP) is 5.18. The zero-order chi connectivity index (χ0) is 24.2. The second-order valence-electron chi connectivity index (χ2n) is 9.14. The van der Waals surface area contributed by atoms with E-state index in [-0.39, 0.29) is 17.0 Å². The molecule has 0 fully saturated rings. The van der Waals surface area contributed by atoms with E-state index in [1.54, 1.807) is 0 Å². The van der Waals surface area contributed by atoms with Gasteiger partial charge in [-0.1, -0.05) is 95.6 Å². The minimum atomic E-state index is -1.81. The van der Waals surface area contributed by atoms with Crippen LogP contribution in [0, 0.1) is 0 Å². The SMILES string of the molecule is CC(C)=CCC/C(C)=C/C=C/C(C)=C/C[P+](c1ccccc1)(c1ccccc1)c1ccccc1.[Br-]. The van der Waals surface area contributed by atoms with Crippen molar-refractivity contribution in [3.8, 4) is 0 Å². The van der Waals surface area contributed by atoms with Crippen molar-refractivity contribution in [3.63, 3.8) is 0 Å². The third kappa shape index (κ3) is 8.31. The van der Waals surface area contributed by atoms with Gasteiger partial charge in [0, 0.05) is 0 Å². The zero-order valence-electron chi connectivity index (χ0n) is 21.5. The Morgan fingerprint density at radius 2 is 1.11 bits per heavy atom. The summed E-state index contributed by atoms with van der Waals surface area (Å²) in [6.45, 7) is 8.77. The number of rotatable bonds is 10. The number of halogens is 1. The van der Waals surface area contributed by atoms with E-state index >= 15 is 0 Å². The fraction of sp³-hybridized carbons (Fsp3) is 0.212. The molecular weight excluding hydrogens is 507 g/mol. The molecule has 3 rings (SSSR count). The van der Waals surface area contributed by atoms with Crippen molar-refractivity contribution in [2.75, 3.05) is 6.16 Å². The molecule has 0 spiro atoms. The highest BCUT2D eigenvalue weighted by Gasteiger charge is 2.44. The largest absolute Gasteiger partial charge is 1.00 e. The predicted molar refractivity (Wildman–Crippen MR) is 155 cm³/mol. The molecule has 0 radical (unpaired) electrons. The maximum atomic E-state index is 2.43. The van der Waals surface area contributed by atoms with Gasteiger partial charge in [-0.05, 0) is 83.0 Å². The minimum absolute atomic E-state index is 0. The molecule has 0 aliphatic carbocycles. The summed E-state index contributed by atoms with van der Waals surface area (Å²) in [5, 5.41) is 4.28. The van der Waals surface area contributed by atoms with Crippen LogP contribution in [0.15, 0.2) is 138 Å². The van der Waals surface area contributed by atoms with Gasteiger partial charge in [0.15, 0.2) is 0 Å². The average molecular weight is 546 g/mol. The first kappa shape index (κ1) is 28.8. The van der Waals surface area contributed by atoms with Crippen molar-refractivity contribution < 1.29 is 17.0 Å². The van der Waals surface area contributed by atoms with Gasteiger partial charge >= 0.3 is 0 Å². The minimum Gasteiger partial charge on any atom is -1.00 e. The molecule has 0 amide bonds. The molecule has 3 aromatic carbocycles. The van der Waals surface area contributed by atoms with Crippen molar-refractivity contribution in [2.24, 2.45) is 0 Å². The van der Waals surface area contributed by atoms with Crippen molar-refractivity contribution in [1.82, 2.24) is 0 Å². The highest BCUT2D eigenvalue weighted by molar-refractivity contribution is 7.95. The maximum absolute atomic E-state index is 2.43. The standard InChI is InChI=1S/C33H38P.BrH/c1-28(2)16-14-17-29(3)18-15-19-30(4)26-27-34(31-20-8-5-9-21-31,32-22-10-6-11-23-32)33-24-12-7-13-25-33;/h5-13,15-16,18-26H,14,17,27H2,1-4H3;1H/q+1;/p-1/b19-15+,29-18+,30-26+;. The van der Waals surface area contributed by atoms with E-state index in [9.17, 15) is 0 Å². The molecule has 0 heterocycles. The lowest BCUT2D eigenvalue weighted by Crippen LogP contribution is -3.00. The second-order valence-corrected chi connectivity index (χ2v) is 12.7. The average Bonchev–Trinajstić information content (AvgIpc) is 2.86. The molecule has 0 nitrogen and oxygen atoms in total. The Morgan fingerprint density at radius 3 is 1.54 bits per heavy atom. The van der Waals surface area contributed by atoms with Gasteiger partial charge in [0.2, 0.25) is 0 Å². The van der Waals surface area contributed by atoms with Gasteiger partial charge in [0.1, 0.15) is 23.2 Å². The molecule has 0 atom stereocenters. The summed E-state index contributed by atoms with van der Waals surface area (Å²) in [7, 11) is -1.81. The van der Waals surface area contributed by atoms with Crippen molar-refractivity contribution in [1.29, 1.82) is 0 Å². The van der Waals surface area contributed by atoms with Crippen LogP contribution in [0.2, 0.25) is 0 Å². The van der Waals surface area contributed by atoms with Crippen LogP contribution in [0.25, 0.3) is 0 Å². The van der Waals surface area contributed by atoms with Crippen LogP contribution >= 0.6 is 7.26 Å². The summed E-state index contributed by atoms with van der Waals surface area (Å²) < 4.78 is 0. The lowest BCUT2D eigenvalue weighted by Gasteiger charge is -2.26. The van der Waals surface area contributed by atoms with Crippen molar-refractivity contribution in [2.45, 2.75) is 40.5 Å². The number of hydrogen-bond acceptors (Lipinski definition) is 0. The molecule has 0 aliphatic rings.